The van der Waals surface area contributed by atoms with Crippen LogP contribution in [0.2, 0.25) is 0 Å². The Morgan fingerprint density at radius 2 is 2.13 bits per heavy atom. The van der Waals surface area contributed by atoms with Gasteiger partial charge in [-0.05, 0) is 18.4 Å². The van der Waals surface area contributed by atoms with Gasteiger partial charge in [-0.1, -0.05) is 36.4 Å². The second-order valence-electron chi connectivity index (χ2n) is 3.60. The van der Waals surface area contributed by atoms with E-state index in [1.54, 1.807) is 0 Å². The Kier molecular flexibility index (Phi) is 3.18. The summed E-state index contributed by atoms with van der Waals surface area (Å²) >= 11 is 0. The summed E-state index contributed by atoms with van der Waals surface area (Å²) in [5.41, 5.74) is 3.37. The highest BCUT2D eigenvalue weighted by Crippen LogP contribution is 2.20. The molecule has 0 aromatic heterocycles. The first-order valence-electron chi connectivity index (χ1n) is 5.30. The first-order chi connectivity index (χ1) is 7.40. The summed E-state index contributed by atoms with van der Waals surface area (Å²) in [6, 6.07) is 10.2. The molecule has 0 unspecified atom stereocenters. The largest absolute Gasteiger partial charge is 0.686 e. The highest BCUT2D eigenvalue weighted by Gasteiger charge is 2.02. The highest BCUT2D eigenvalue weighted by atomic mass is 14.8. The van der Waals surface area contributed by atoms with Crippen LogP contribution in [-0.2, 0) is 0 Å². The van der Waals surface area contributed by atoms with E-state index in [4.69, 9.17) is 0 Å². The first-order valence-corrected chi connectivity index (χ1v) is 5.30. The van der Waals surface area contributed by atoms with Gasteiger partial charge in [-0.3, -0.25) is 4.99 Å². The Balaban J connectivity index is 2.24. The molecule has 0 N–H and O–H groups in total. The van der Waals surface area contributed by atoms with Crippen LogP contribution in [0, 0.1) is 0 Å². The van der Waals surface area contributed by atoms with Crippen molar-refractivity contribution < 1.29 is 0 Å². The van der Waals surface area contributed by atoms with Crippen LogP contribution >= 0.6 is 0 Å². The van der Waals surface area contributed by atoms with Gasteiger partial charge in [0.15, 0.2) is 0 Å². The van der Waals surface area contributed by atoms with Crippen LogP contribution in [0.3, 0.4) is 0 Å². The van der Waals surface area contributed by atoms with Crippen molar-refractivity contribution >= 4 is 11.4 Å². The Morgan fingerprint density at radius 1 is 1.33 bits per heavy atom. The molecule has 2 heteroatoms. The molecular formula is C13H15N2-. The fourth-order valence-electron chi connectivity index (χ4n) is 1.72. The molecule has 0 spiro atoms. The van der Waals surface area contributed by atoms with Gasteiger partial charge < -0.3 is 5.32 Å². The Labute approximate surface area is 90.7 Å². The van der Waals surface area contributed by atoms with Crippen LogP contribution in [0.25, 0.3) is 11.0 Å². The van der Waals surface area contributed by atoms with Gasteiger partial charge in [0, 0.05) is 12.3 Å². The predicted octanol–water partition coefficient (Wildman–Crippen LogP) is 3.27. The van der Waals surface area contributed by atoms with Crippen LogP contribution in [0.1, 0.15) is 18.4 Å². The van der Waals surface area contributed by atoms with Crippen molar-refractivity contribution in [1.29, 1.82) is 0 Å². The van der Waals surface area contributed by atoms with Gasteiger partial charge in [0.05, 0.1) is 0 Å². The van der Waals surface area contributed by atoms with Crippen molar-refractivity contribution in [1.82, 2.24) is 0 Å². The molecule has 1 aromatic rings. The second kappa shape index (κ2) is 4.78. The Morgan fingerprint density at radius 3 is 2.73 bits per heavy atom. The zero-order valence-electron chi connectivity index (χ0n) is 8.98. The predicted molar refractivity (Wildman–Crippen MR) is 65.2 cm³/mol. The number of benzene rings is 1. The molecule has 15 heavy (non-hydrogen) atoms. The average Bonchev–Trinajstić information content (AvgIpc) is 2.80. The van der Waals surface area contributed by atoms with E-state index < -0.39 is 0 Å². The minimum Gasteiger partial charge on any atom is -0.686 e. The minimum absolute atomic E-state index is 0.970. The van der Waals surface area contributed by atoms with Crippen LogP contribution in [0.4, 0.5) is 0 Å². The summed E-state index contributed by atoms with van der Waals surface area (Å²) in [5, 5.41) is 4.30. The van der Waals surface area contributed by atoms with E-state index in [0.717, 1.165) is 24.2 Å². The lowest BCUT2D eigenvalue weighted by Crippen LogP contribution is -1.90. The number of nitrogens with zero attached hydrogens (tertiary/aromatic N) is 2. The number of aliphatic imine (C=N–C) groups is 1. The van der Waals surface area contributed by atoms with Crippen molar-refractivity contribution in [3.05, 3.63) is 47.3 Å². The molecule has 0 atom stereocenters. The molecule has 1 aliphatic rings. The molecule has 2 nitrogen and oxygen atoms in total. The first kappa shape index (κ1) is 9.97. The van der Waals surface area contributed by atoms with Gasteiger partial charge in [0.1, 0.15) is 0 Å². The van der Waals surface area contributed by atoms with Crippen molar-refractivity contribution in [2.45, 2.75) is 12.8 Å². The SMILES string of the molecule is C[N-]/C(=C\C1=NCCC1)c1ccccc1. The third kappa shape index (κ3) is 2.46. The zero-order chi connectivity index (χ0) is 10.5. The van der Waals surface area contributed by atoms with Gasteiger partial charge in [-0.2, -0.15) is 0 Å². The third-order valence-electron chi connectivity index (χ3n) is 2.52. The molecule has 0 radical (unpaired) electrons. The molecule has 1 aliphatic heterocycles. The second-order valence-corrected chi connectivity index (χ2v) is 3.60. The number of allylic oxidation sites excluding steroid dienone is 1. The minimum atomic E-state index is 0.970. The van der Waals surface area contributed by atoms with Crippen molar-refractivity contribution in [2.75, 3.05) is 13.6 Å². The van der Waals surface area contributed by atoms with Crippen LogP contribution in [0.15, 0.2) is 41.4 Å². The summed E-state index contributed by atoms with van der Waals surface area (Å²) in [7, 11) is 1.83. The van der Waals surface area contributed by atoms with E-state index >= 15 is 0 Å². The zero-order valence-corrected chi connectivity index (χ0v) is 8.98. The lowest BCUT2D eigenvalue weighted by atomic mass is 10.1. The van der Waals surface area contributed by atoms with Crippen LogP contribution in [-0.4, -0.2) is 19.3 Å². The maximum Gasteiger partial charge on any atom is 0.0396 e. The van der Waals surface area contributed by atoms with Gasteiger partial charge in [0.2, 0.25) is 0 Å². The number of hydrogen-bond donors (Lipinski definition) is 0. The lowest BCUT2D eigenvalue weighted by molar-refractivity contribution is 0.951. The van der Waals surface area contributed by atoms with E-state index in [2.05, 4.69) is 28.5 Å². The molecule has 0 saturated heterocycles. The molecule has 2 rings (SSSR count). The fraction of sp³-hybridized carbons (Fsp3) is 0.308. The maximum absolute atomic E-state index is 4.43. The highest BCUT2D eigenvalue weighted by molar-refractivity contribution is 6.03. The van der Waals surface area contributed by atoms with Crippen molar-refractivity contribution in [3.63, 3.8) is 0 Å². The molecule has 78 valence electrons. The van der Waals surface area contributed by atoms with Crippen molar-refractivity contribution in [3.8, 4) is 0 Å². The monoisotopic (exact) mass is 199 g/mol. The smallest absolute Gasteiger partial charge is 0.0396 e. The van der Waals surface area contributed by atoms with Crippen LogP contribution < -0.4 is 0 Å². The topological polar surface area (TPSA) is 26.5 Å². The molecule has 0 aliphatic carbocycles. The van der Waals surface area contributed by atoms with E-state index in [1.807, 2.05) is 25.2 Å². The molecule has 0 bridgehead atoms. The van der Waals surface area contributed by atoms with E-state index in [1.165, 1.54) is 12.1 Å². The average molecular weight is 199 g/mol. The van der Waals surface area contributed by atoms with E-state index in [0.29, 0.717) is 0 Å². The Hall–Kier alpha value is -1.57. The summed E-state index contributed by atoms with van der Waals surface area (Å²) in [6.45, 7) is 0.970. The summed E-state index contributed by atoms with van der Waals surface area (Å²) < 4.78 is 0. The van der Waals surface area contributed by atoms with Gasteiger partial charge in [0.25, 0.3) is 0 Å². The van der Waals surface area contributed by atoms with E-state index in [-0.39, 0.29) is 0 Å². The summed E-state index contributed by atoms with van der Waals surface area (Å²) in [5.74, 6) is 0. The van der Waals surface area contributed by atoms with Gasteiger partial charge in [-0.25, -0.2) is 0 Å². The standard InChI is InChI=1S/C13H15N2/c1-14-13(10-12-8-5-9-15-12)11-6-3-2-4-7-11/h2-4,6-7,10H,5,8-9H2,1H3/q-1/b13-10-. The molecule has 0 amide bonds. The Bertz CT molecular complexity index is 377. The number of rotatable bonds is 3. The summed E-state index contributed by atoms with van der Waals surface area (Å²) in [4.78, 5) is 4.43. The molecule has 1 heterocycles. The third-order valence-corrected chi connectivity index (χ3v) is 2.52. The maximum atomic E-state index is 4.43. The molecule has 1 aromatic carbocycles. The molecule has 0 saturated carbocycles. The van der Waals surface area contributed by atoms with E-state index in [9.17, 15) is 0 Å². The quantitative estimate of drug-likeness (QED) is 0.714. The fourth-order valence-corrected chi connectivity index (χ4v) is 1.72. The van der Waals surface area contributed by atoms with Gasteiger partial charge in [-0.15, -0.1) is 12.7 Å². The van der Waals surface area contributed by atoms with Crippen LogP contribution in [0.5, 0.6) is 0 Å². The van der Waals surface area contributed by atoms with Crippen molar-refractivity contribution in [2.24, 2.45) is 4.99 Å². The summed E-state index contributed by atoms with van der Waals surface area (Å²) in [6.07, 6.45) is 4.37. The molecular weight excluding hydrogens is 184 g/mol. The molecule has 0 fully saturated rings. The lowest BCUT2D eigenvalue weighted by Gasteiger charge is -2.19. The normalized spacial score (nSPS) is 16.3. The number of hydrogen-bond acceptors (Lipinski definition) is 1. The van der Waals surface area contributed by atoms with Gasteiger partial charge >= 0.3 is 0 Å².